The van der Waals surface area contributed by atoms with E-state index in [0.29, 0.717) is 11.8 Å². The van der Waals surface area contributed by atoms with Gasteiger partial charge in [0.25, 0.3) is 0 Å². The van der Waals surface area contributed by atoms with Crippen molar-refractivity contribution in [3.8, 4) is 28.3 Å². The second-order valence-electron chi connectivity index (χ2n) is 16.5. The SMILES string of the molecule is CC(C)c1c[c-]c(-c2cc(C(C)C)c([Si](C)(C)C)cn2)cc1.[Ir].[c-]1ccc2c(oc3ccccc32)c1-c1nc2ccccc2n1-c1ccc2sc3ccccc3c2c1. The van der Waals surface area contributed by atoms with E-state index in [1.54, 1.807) is 0 Å². The van der Waals surface area contributed by atoms with Gasteiger partial charge in [-0.15, -0.1) is 64.9 Å². The standard InChI is InChI=1S/C31H17N2OS.C20H28NSi.Ir/c1-5-14-27-20(8-1)22-10-7-11-23(30(22)34-27)31-32-25-12-3-4-13-26(25)33(31)19-16-17-29-24(18-19)21-9-2-6-15-28(21)35-29;1-14(2)16-8-10-17(11-9-16)19-12-18(15(3)4)20(13-21-19)22(5,6)7;/h1-10,12-18H;8-10,12-15H,1-7H3;/q2*-1;. The van der Waals surface area contributed by atoms with E-state index in [-0.39, 0.29) is 20.1 Å². The van der Waals surface area contributed by atoms with E-state index >= 15 is 0 Å². The van der Waals surface area contributed by atoms with E-state index in [4.69, 9.17) is 14.4 Å². The molecule has 6 aromatic carbocycles. The van der Waals surface area contributed by atoms with Crippen LogP contribution < -0.4 is 5.19 Å². The second-order valence-corrected chi connectivity index (χ2v) is 22.6. The number of furan rings is 1. The number of hydrogen-bond acceptors (Lipinski definition) is 4. The number of para-hydroxylation sites is 3. The topological polar surface area (TPSA) is 43.9 Å². The summed E-state index contributed by atoms with van der Waals surface area (Å²) in [6.45, 7) is 16.1. The van der Waals surface area contributed by atoms with Gasteiger partial charge in [0, 0.05) is 57.5 Å². The normalized spacial score (nSPS) is 11.9. The zero-order valence-electron chi connectivity index (χ0n) is 33.8. The van der Waals surface area contributed by atoms with Gasteiger partial charge in [0.2, 0.25) is 0 Å². The minimum atomic E-state index is -1.36. The number of aromatic nitrogens is 3. The molecule has 4 heterocycles. The molecule has 0 amide bonds. The van der Waals surface area contributed by atoms with Crippen LogP contribution in [0.4, 0.5) is 0 Å². The first-order chi connectivity index (χ1) is 27.5. The summed E-state index contributed by atoms with van der Waals surface area (Å²) in [6, 6.07) is 51.4. The molecule has 0 aliphatic heterocycles. The average molecular weight is 968 g/mol. The molecule has 7 heteroatoms. The molecular formula is C51H45IrN3OSSi-2. The number of imidazole rings is 1. The van der Waals surface area contributed by atoms with Crippen molar-refractivity contribution in [2.75, 3.05) is 0 Å². The van der Waals surface area contributed by atoms with Gasteiger partial charge in [0.15, 0.2) is 0 Å². The molecule has 0 aliphatic rings. The van der Waals surface area contributed by atoms with Gasteiger partial charge in [0.1, 0.15) is 5.58 Å². The van der Waals surface area contributed by atoms with Crippen molar-refractivity contribution in [3.05, 3.63) is 157 Å². The van der Waals surface area contributed by atoms with Crippen LogP contribution in [0.25, 0.3) is 81.5 Å². The first-order valence-electron chi connectivity index (χ1n) is 19.8. The van der Waals surface area contributed by atoms with Crippen LogP contribution in [-0.2, 0) is 20.1 Å². The second kappa shape index (κ2) is 15.9. The van der Waals surface area contributed by atoms with E-state index in [9.17, 15) is 0 Å². The summed E-state index contributed by atoms with van der Waals surface area (Å²) in [5.74, 6) is 1.90. The van der Waals surface area contributed by atoms with Gasteiger partial charge >= 0.3 is 0 Å². The molecule has 0 bridgehead atoms. The van der Waals surface area contributed by atoms with E-state index < -0.39 is 8.07 Å². The van der Waals surface area contributed by atoms with Crippen molar-refractivity contribution in [2.45, 2.75) is 59.2 Å². The van der Waals surface area contributed by atoms with Crippen LogP contribution in [0, 0.1) is 12.1 Å². The third kappa shape index (κ3) is 7.26. The molecule has 10 rings (SSSR count). The molecule has 0 saturated heterocycles. The Labute approximate surface area is 359 Å². The van der Waals surface area contributed by atoms with Crippen LogP contribution in [0.3, 0.4) is 0 Å². The number of nitrogens with zero attached hydrogens (tertiary/aromatic N) is 3. The maximum atomic E-state index is 6.36. The summed E-state index contributed by atoms with van der Waals surface area (Å²) in [5.41, 5.74) is 10.5. The third-order valence-electron chi connectivity index (χ3n) is 10.9. The molecule has 0 fully saturated rings. The summed E-state index contributed by atoms with van der Waals surface area (Å²) in [4.78, 5) is 9.82. The summed E-state index contributed by atoms with van der Waals surface area (Å²) in [6.07, 6.45) is 2.11. The Hall–Kier alpha value is -5.17. The first kappa shape index (κ1) is 39.6. The first-order valence-corrected chi connectivity index (χ1v) is 24.1. The molecule has 4 nitrogen and oxygen atoms in total. The summed E-state index contributed by atoms with van der Waals surface area (Å²) >= 11 is 1.83. The van der Waals surface area contributed by atoms with Crippen molar-refractivity contribution < 1.29 is 24.5 Å². The zero-order valence-corrected chi connectivity index (χ0v) is 38.1. The fourth-order valence-corrected chi connectivity index (χ4v) is 10.6. The fraction of sp³-hybridized carbons (Fsp3) is 0.176. The molecule has 0 unspecified atom stereocenters. The number of benzene rings is 6. The smallest absolute Gasteiger partial charge is 0.120 e. The Bertz CT molecular complexity index is 3080. The van der Waals surface area contributed by atoms with Gasteiger partial charge in [-0.3, -0.25) is 4.98 Å². The number of rotatable bonds is 6. The minimum absolute atomic E-state index is 0. The van der Waals surface area contributed by atoms with Crippen LogP contribution in [0.1, 0.15) is 50.7 Å². The molecule has 0 saturated carbocycles. The van der Waals surface area contributed by atoms with Crippen molar-refractivity contribution in [2.24, 2.45) is 0 Å². The molecule has 10 aromatic rings. The van der Waals surface area contributed by atoms with Crippen LogP contribution >= 0.6 is 11.3 Å². The summed E-state index contributed by atoms with van der Waals surface area (Å²) < 4.78 is 11.2. The van der Waals surface area contributed by atoms with Gasteiger partial charge < -0.3 is 14.0 Å². The van der Waals surface area contributed by atoms with E-state index in [1.807, 2.05) is 41.7 Å². The molecular weight excluding hydrogens is 923 g/mol. The van der Waals surface area contributed by atoms with Crippen LogP contribution in [0.2, 0.25) is 19.6 Å². The van der Waals surface area contributed by atoms with Crippen LogP contribution in [0.15, 0.2) is 138 Å². The third-order valence-corrected chi connectivity index (χ3v) is 14.1. The van der Waals surface area contributed by atoms with E-state index in [1.165, 1.54) is 36.5 Å². The van der Waals surface area contributed by atoms with Gasteiger partial charge in [-0.1, -0.05) is 124 Å². The molecule has 0 N–H and O–H groups in total. The van der Waals surface area contributed by atoms with Gasteiger partial charge in [0.05, 0.1) is 30.5 Å². The number of fused-ring (bicyclic) bond motifs is 7. The summed E-state index contributed by atoms with van der Waals surface area (Å²) in [5, 5.41) is 6.20. The fourth-order valence-electron chi connectivity index (χ4n) is 7.84. The van der Waals surface area contributed by atoms with Crippen molar-refractivity contribution in [1.82, 2.24) is 14.5 Å². The molecule has 0 spiro atoms. The Kier molecular flexibility index (Phi) is 10.9. The Morgan fingerprint density at radius 1 is 0.707 bits per heavy atom. The molecule has 58 heavy (non-hydrogen) atoms. The van der Waals surface area contributed by atoms with Gasteiger partial charge in [-0.25, -0.2) is 0 Å². The molecule has 1 radical (unpaired) electrons. The predicted molar refractivity (Wildman–Crippen MR) is 245 cm³/mol. The Morgan fingerprint density at radius 3 is 2.21 bits per heavy atom. The zero-order chi connectivity index (χ0) is 39.4. The molecule has 291 valence electrons. The predicted octanol–water partition coefficient (Wildman–Crippen LogP) is 14.1. The van der Waals surface area contributed by atoms with Crippen molar-refractivity contribution in [3.63, 3.8) is 0 Å². The quantitative estimate of drug-likeness (QED) is 0.123. The van der Waals surface area contributed by atoms with Crippen LogP contribution in [-0.4, -0.2) is 22.6 Å². The molecule has 0 aliphatic carbocycles. The maximum Gasteiger partial charge on any atom is 0.120 e. The average Bonchev–Trinajstić information content (AvgIpc) is 3.92. The number of thiophene rings is 1. The monoisotopic (exact) mass is 968 g/mol. The van der Waals surface area contributed by atoms with E-state index in [2.05, 4.69) is 167 Å². The Morgan fingerprint density at radius 2 is 1.45 bits per heavy atom. The Balaban J connectivity index is 0.000000178. The largest absolute Gasteiger partial charge is 0.501 e. The molecule has 4 aromatic heterocycles. The maximum absolute atomic E-state index is 6.36. The van der Waals surface area contributed by atoms with Crippen molar-refractivity contribution in [1.29, 1.82) is 0 Å². The van der Waals surface area contributed by atoms with Gasteiger partial charge in [-0.2, -0.15) is 0 Å². The van der Waals surface area contributed by atoms with Crippen molar-refractivity contribution >= 4 is 77.7 Å². The number of pyridine rings is 1. The number of hydrogen-bond donors (Lipinski definition) is 0. The van der Waals surface area contributed by atoms with Crippen LogP contribution in [0.5, 0.6) is 0 Å². The van der Waals surface area contributed by atoms with E-state index in [0.717, 1.165) is 61.3 Å². The summed E-state index contributed by atoms with van der Waals surface area (Å²) in [7, 11) is -1.36. The minimum Gasteiger partial charge on any atom is -0.501 e. The molecule has 0 atom stereocenters. The van der Waals surface area contributed by atoms with Gasteiger partial charge in [-0.05, 0) is 59.3 Å².